The van der Waals surface area contributed by atoms with E-state index in [2.05, 4.69) is 25.8 Å². The second kappa shape index (κ2) is 7.00. The van der Waals surface area contributed by atoms with Crippen LogP contribution in [0.2, 0.25) is 0 Å². The van der Waals surface area contributed by atoms with Crippen LogP contribution in [-0.2, 0) is 0 Å². The molecule has 2 atom stereocenters. The lowest BCUT2D eigenvalue weighted by Gasteiger charge is -2.25. The fourth-order valence-electron chi connectivity index (χ4n) is 0.831. The highest BCUT2D eigenvalue weighted by molar-refractivity contribution is 8.10. The van der Waals surface area contributed by atoms with Crippen molar-refractivity contribution in [2.24, 2.45) is 0 Å². The van der Waals surface area contributed by atoms with E-state index < -0.39 is 12.2 Å². The van der Waals surface area contributed by atoms with E-state index in [1.54, 1.807) is 4.90 Å². The number of aliphatic hydroxyl groups is 2. The Hall–Kier alpha value is -0.360. The molecule has 0 aromatic rings. The third-order valence-corrected chi connectivity index (χ3v) is 2.17. The normalized spacial score (nSPS) is 14.2. The van der Waals surface area contributed by atoms with Crippen molar-refractivity contribution in [1.29, 1.82) is 0 Å². The Morgan fingerprint density at radius 1 is 1.29 bits per heavy atom. The van der Waals surface area contributed by atoms with Crippen LogP contribution in [0.15, 0.2) is 25.3 Å². The standard InChI is InChI=1S/C9H15NO2S2/c1-3-7(11)5-10(9(13)14)6-8(12)4-2/h3-4,7-8,11-12H,1-2,5-6H2,(H,13,14). The van der Waals surface area contributed by atoms with Gasteiger partial charge in [0.15, 0.2) is 0 Å². The fourth-order valence-corrected chi connectivity index (χ4v) is 1.14. The molecule has 0 heterocycles. The zero-order valence-corrected chi connectivity index (χ0v) is 9.55. The summed E-state index contributed by atoms with van der Waals surface area (Å²) in [5.41, 5.74) is 0. The third-order valence-electron chi connectivity index (χ3n) is 1.63. The summed E-state index contributed by atoms with van der Waals surface area (Å²) in [6.45, 7) is 7.44. The van der Waals surface area contributed by atoms with Gasteiger partial charge < -0.3 is 15.1 Å². The zero-order chi connectivity index (χ0) is 11.1. The molecule has 80 valence electrons. The Balaban J connectivity index is 4.22. The predicted octanol–water partition coefficient (Wildman–Crippen LogP) is 0.597. The predicted molar refractivity (Wildman–Crippen MR) is 65.6 cm³/mol. The molecular formula is C9H15NO2S2. The molecule has 2 N–H and O–H groups in total. The molecule has 0 radical (unpaired) electrons. The maximum Gasteiger partial charge on any atom is 0.133 e. The molecule has 0 saturated heterocycles. The second-order valence-electron chi connectivity index (χ2n) is 2.79. The highest BCUT2D eigenvalue weighted by Gasteiger charge is 2.13. The number of thiol groups is 1. The summed E-state index contributed by atoms with van der Waals surface area (Å²) in [5.74, 6) is 0. The molecule has 0 aromatic carbocycles. The van der Waals surface area contributed by atoms with E-state index in [1.807, 2.05) is 0 Å². The average molecular weight is 233 g/mol. The van der Waals surface area contributed by atoms with Gasteiger partial charge in [0.25, 0.3) is 0 Å². The van der Waals surface area contributed by atoms with Crippen LogP contribution in [0.4, 0.5) is 0 Å². The van der Waals surface area contributed by atoms with Crippen molar-refractivity contribution in [3.05, 3.63) is 25.3 Å². The van der Waals surface area contributed by atoms with E-state index in [1.165, 1.54) is 12.2 Å². The Bertz CT molecular complexity index is 205. The monoisotopic (exact) mass is 233 g/mol. The number of nitrogens with zero attached hydrogens (tertiary/aromatic N) is 1. The number of rotatable bonds is 6. The average Bonchev–Trinajstić information content (AvgIpc) is 2.16. The highest BCUT2D eigenvalue weighted by atomic mass is 32.1. The molecule has 0 spiro atoms. The lowest BCUT2D eigenvalue weighted by molar-refractivity contribution is 0.147. The Morgan fingerprint density at radius 2 is 1.64 bits per heavy atom. The first-order valence-corrected chi connectivity index (χ1v) is 4.96. The quantitative estimate of drug-likeness (QED) is 0.357. The molecule has 14 heavy (non-hydrogen) atoms. The molecule has 0 aromatic heterocycles. The zero-order valence-electron chi connectivity index (χ0n) is 7.83. The number of hydrogen-bond acceptors (Lipinski definition) is 3. The maximum atomic E-state index is 9.30. The summed E-state index contributed by atoms with van der Waals surface area (Å²) in [6, 6.07) is 0. The summed E-state index contributed by atoms with van der Waals surface area (Å²) >= 11 is 8.84. The van der Waals surface area contributed by atoms with Gasteiger partial charge >= 0.3 is 0 Å². The first kappa shape index (κ1) is 13.6. The van der Waals surface area contributed by atoms with Crippen molar-refractivity contribution in [3.63, 3.8) is 0 Å². The van der Waals surface area contributed by atoms with Crippen LogP contribution in [0, 0.1) is 0 Å². The molecule has 0 saturated carbocycles. The second-order valence-corrected chi connectivity index (χ2v) is 3.91. The minimum atomic E-state index is -0.683. The van der Waals surface area contributed by atoms with E-state index in [4.69, 9.17) is 12.2 Å². The number of aliphatic hydroxyl groups excluding tert-OH is 2. The Labute approximate surface area is 95.1 Å². The van der Waals surface area contributed by atoms with E-state index in [9.17, 15) is 10.2 Å². The van der Waals surface area contributed by atoms with Crippen molar-refractivity contribution in [2.75, 3.05) is 13.1 Å². The van der Waals surface area contributed by atoms with Crippen molar-refractivity contribution >= 4 is 29.2 Å². The van der Waals surface area contributed by atoms with Crippen LogP contribution in [0.3, 0.4) is 0 Å². The van der Waals surface area contributed by atoms with E-state index in [0.717, 1.165) is 0 Å². The lowest BCUT2D eigenvalue weighted by Crippen LogP contribution is -2.38. The molecule has 0 bridgehead atoms. The molecule has 2 unspecified atom stereocenters. The van der Waals surface area contributed by atoms with Crippen LogP contribution in [0.5, 0.6) is 0 Å². The highest BCUT2D eigenvalue weighted by Crippen LogP contribution is 2.02. The van der Waals surface area contributed by atoms with Crippen LogP contribution in [0.25, 0.3) is 0 Å². The van der Waals surface area contributed by atoms with Crippen molar-refractivity contribution in [1.82, 2.24) is 4.90 Å². The van der Waals surface area contributed by atoms with Gasteiger partial charge in [0.1, 0.15) is 4.32 Å². The summed E-state index contributed by atoms with van der Waals surface area (Å²) in [4.78, 5) is 1.58. The number of thiocarbonyl (C=S) groups is 1. The molecule has 0 aliphatic carbocycles. The van der Waals surface area contributed by atoms with Crippen molar-refractivity contribution in [3.8, 4) is 0 Å². The van der Waals surface area contributed by atoms with Gasteiger partial charge in [-0.05, 0) is 0 Å². The first-order chi connectivity index (χ1) is 6.51. The van der Waals surface area contributed by atoms with Gasteiger partial charge in [0.05, 0.1) is 12.2 Å². The molecule has 0 rings (SSSR count). The van der Waals surface area contributed by atoms with Gasteiger partial charge in [-0.3, -0.25) is 0 Å². The summed E-state index contributed by atoms with van der Waals surface area (Å²) < 4.78 is 0.326. The smallest absolute Gasteiger partial charge is 0.133 e. The molecular weight excluding hydrogens is 218 g/mol. The van der Waals surface area contributed by atoms with Gasteiger partial charge in [-0.15, -0.1) is 25.8 Å². The van der Waals surface area contributed by atoms with Crippen LogP contribution >= 0.6 is 24.8 Å². The topological polar surface area (TPSA) is 43.7 Å². The van der Waals surface area contributed by atoms with E-state index in [0.29, 0.717) is 4.32 Å². The summed E-state index contributed by atoms with van der Waals surface area (Å²) in [5, 5.41) is 18.6. The van der Waals surface area contributed by atoms with Gasteiger partial charge in [0, 0.05) is 13.1 Å². The largest absolute Gasteiger partial charge is 0.387 e. The van der Waals surface area contributed by atoms with Gasteiger partial charge in [0.2, 0.25) is 0 Å². The van der Waals surface area contributed by atoms with Crippen molar-refractivity contribution in [2.45, 2.75) is 12.2 Å². The molecule has 0 amide bonds. The van der Waals surface area contributed by atoms with Gasteiger partial charge in [-0.25, -0.2) is 0 Å². The van der Waals surface area contributed by atoms with Crippen LogP contribution in [0.1, 0.15) is 0 Å². The molecule has 5 heteroatoms. The van der Waals surface area contributed by atoms with Crippen LogP contribution in [-0.4, -0.2) is 44.7 Å². The van der Waals surface area contributed by atoms with Crippen molar-refractivity contribution < 1.29 is 10.2 Å². The van der Waals surface area contributed by atoms with E-state index >= 15 is 0 Å². The van der Waals surface area contributed by atoms with Gasteiger partial charge in [-0.1, -0.05) is 24.4 Å². The third kappa shape index (κ3) is 5.39. The van der Waals surface area contributed by atoms with Crippen LogP contribution < -0.4 is 0 Å². The lowest BCUT2D eigenvalue weighted by atomic mass is 10.3. The minimum absolute atomic E-state index is 0.275. The summed E-state index contributed by atoms with van der Waals surface area (Å²) in [7, 11) is 0. The molecule has 0 aliphatic rings. The SMILES string of the molecule is C=CC(O)CN(CC(O)C=C)C(=S)S. The molecule has 3 nitrogen and oxygen atoms in total. The maximum absolute atomic E-state index is 9.30. The number of hydrogen-bond donors (Lipinski definition) is 3. The minimum Gasteiger partial charge on any atom is -0.387 e. The van der Waals surface area contributed by atoms with Gasteiger partial charge in [-0.2, -0.15) is 0 Å². The van der Waals surface area contributed by atoms with E-state index in [-0.39, 0.29) is 13.1 Å². The summed E-state index contributed by atoms with van der Waals surface area (Å²) in [6.07, 6.45) is 1.44. The Morgan fingerprint density at radius 3 is 1.86 bits per heavy atom. The first-order valence-electron chi connectivity index (χ1n) is 4.10. The molecule has 0 aliphatic heterocycles. The molecule has 0 fully saturated rings. The fraction of sp³-hybridized carbons (Fsp3) is 0.444. The Kier molecular flexibility index (Phi) is 6.82.